The van der Waals surface area contributed by atoms with Gasteiger partial charge < -0.3 is 10.1 Å². The average molecular weight is 339 g/mol. The zero-order chi connectivity index (χ0) is 18.4. The molecule has 0 bridgehead atoms. The molecule has 4 nitrogen and oxygen atoms in total. The molecule has 25 heavy (non-hydrogen) atoms. The quantitative estimate of drug-likeness (QED) is 0.793. The van der Waals surface area contributed by atoms with Crippen LogP contribution in [0.4, 0.5) is 5.69 Å². The van der Waals surface area contributed by atoms with E-state index in [9.17, 15) is 9.59 Å². The number of esters is 1. The van der Waals surface area contributed by atoms with Crippen LogP contribution >= 0.6 is 0 Å². The van der Waals surface area contributed by atoms with E-state index in [1.165, 1.54) is 12.7 Å². The number of carbonyl (C=O) groups is 2. The maximum atomic E-state index is 12.6. The minimum absolute atomic E-state index is 0.159. The van der Waals surface area contributed by atoms with E-state index in [1.54, 1.807) is 24.3 Å². The topological polar surface area (TPSA) is 55.4 Å². The van der Waals surface area contributed by atoms with Gasteiger partial charge in [-0.1, -0.05) is 50.2 Å². The van der Waals surface area contributed by atoms with Crippen molar-refractivity contribution in [1.29, 1.82) is 0 Å². The van der Waals surface area contributed by atoms with Crippen LogP contribution in [0.2, 0.25) is 0 Å². The van der Waals surface area contributed by atoms with Crippen LogP contribution in [0, 0.1) is 5.92 Å². The van der Waals surface area contributed by atoms with Crippen molar-refractivity contribution in [2.45, 2.75) is 33.1 Å². The Morgan fingerprint density at radius 2 is 1.64 bits per heavy atom. The second-order valence-electron chi connectivity index (χ2n) is 6.59. The minimum atomic E-state index is -0.471. The van der Waals surface area contributed by atoms with Crippen LogP contribution in [0.1, 0.15) is 48.2 Å². The van der Waals surface area contributed by atoms with E-state index in [1.807, 2.05) is 19.1 Å². The maximum absolute atomic E-state index is 12.6. The third kappa shape index (κ3) is 4.92. The average Bonchev–Trinajstić information content (AvgIpc) is 2.61. The van der Waals surface area contributed by atoms with Crippen LogP contribution in [0.15, 0.2) is 48.5 Å². The summed E-state index contributed by atoms with van der Waals surface area (Å²) in [5.41, 5.74) is 3.02. The van der Waals surface area contributed by atoms with Crippen molar-refractivity contribution in [3.63, 3.8) is 0 Å². The molecule has 0 spiro atoms. The summed E-state index contributed by atoms with van der Waals surface area (Å²) in [7, 11) is 1.32. The molecule has 132 valence electrons. The first-order valence-electron chi connectivity index (χ1n) is 8.49. The van der Waals surface area contributed by atoms with Crippen LogP contribution in [-0.2, 0) is 16.0 Å². The van der Waals surface area contributed by atoms with E-state index < -0.39 is 5.97 Å². The van der Waals surface area contributed by atoms with Gasteiger partial charge in [0, 0.05) is 0 Å². The van der Waals surface area contributed by atoms with Gasteiger partial charge in [-0.05, 0) is 42.5 Å². The maximum Gasteiger partial charge on any atom is 0.339 e. The first kappa shape index (κ1) is 18.7. The lowest BCUT2D eigenvalue weighted by atomic mass is 9.96. The third-order valence-electron chi connectivity index (χ3n) is 4.11. The molecule has 4 heteroatoms. The molecular formula is C21H25NO3. The summed E-state index contributed by atoms with van der Waals surface area (Å²) in [6, 6.07) is 15.0. The molecule has 0 radical (unpaired) electrons. The first-order chi connectivity index (χ1) is 11.9. The molecule has 2 rings (SSSR count). The third-order valence-corrected chi connectivity index (χ3v) is 4.11. The highest BCUT2D eigenvalue weighted by molar-refractivity contribution is 6.03. The normalized spacial score (nSPS) is 11.9. The van der Waals surface area contributed by atoms with Gasteiger partial charge in [-0.2, -0.15) is 0 Å². The van der Waals surface area contributed by atoms with E-state index in [2.05, 4.69) is 31.3 Å². The summed E-state index contributed by atoms with van der Waals surface area (Å²) in [6.07, 6.45) is 1.02. The van der Waals surface area contributed by atoms with E-state index >= 15 is 0 Å². The van der Waals surface area contributed by atoms with Crippen molar-refractivity contribution in [1.82, 2.24) is 0 Å². The molecule has 1 atom stereocenters. The number of rotatable bonds is 6. The number of hydrogen-bond donors (Lipinski definition) is 1. The molecule has 0 aromatic heterocycles. The van der Waals surface area contributed by atoms with E-state index in [0.717, 1.165) is 12.0 Å². The number of methoxy groups -OCH3 is 1. The number of ether oxygens (including phenoxy) is 1. The molecule has 0 saturated carbocycles. The molecule has 0 aliphatic carbocycles. The van der Waals surface area contributed by atoms with Crippen molar-refractivity contribution < 1.29 is 14.3 Å². The Morgan fingerprint density at radius 1 is 1.00 bits per heavy atom. The first-order valence-corrected chi connectivity index (χ1v) is 8.49. The largest absolute Gasteiger partial charge is 0.465 e. The fraction of sp³-hybridized carbons (Fsp3) is 0.333. The van der Waals surface area contributed by atoms with E-state index in [0.29, 0.717) is 17.2 Å². The number of hydrogen-bond acceptors (Lipinski definition) is 3. The van der Waals surface area contributed by atoms with Crippen molar-refractivity contribution >= 4 is 17.6 Å². The zero-order valence-electron chi connectivity index (χ0n) is 15.2. The van der Waals surface area contributed by atoms with Gasteiger partial charge in [0.15, 0.2) is 0 Å². The fourth-order valence-corrected chi connectivity index (χ4v) is 2.69. The number of nitrogens with one attached hydrogen (secondary N) is 1. The zero-order valence-corrected chi connectivity index (χ0v) is 15.2. The Bertz CT molecular complexity index is 735. The van der Waals surface area contributed by atoms with E-state index in [-0.39, 0.29) is 11.8 Å². The van der Waals surface area contributed by atoms with Crippen LogP contribution in [0.25, 0.3) is 0 Å². The van der Waals surface area contributed by atoms with Crippen molar-refractivity contribution in [2.75, 3.05) is 12.4 Å². The van der Waals surface area contributed by atoms with Crippen LogP contribution in [0.3, 0.4) is 0 Å². The highest BCUT2D eigenvalue weighted by Gasteiger charge is 2.18. The van der Waals surface area contributed by atoms with Gasteiger partial charge in [-0.3, -0.25) is 4.79 Å². The fourth-order valence-electron chi connectivity index (χ4n) is 2.69. The minimum Gasteiger partial charge on any atom is -0.465 e. The number of amides is 1. The Labute approximate surface area is 149 Å². The lowest BCUT2D eigenvalue weighted by molar-refractivity contribution is -0.117. The summed E-state index contributed by atoms with van der Waals surface area (Å²) in [5, 5.41) is 2.83. The number of carbonyl (C=O) groups excluding carboxylic acids is 2. The molecule has 0 fully saturated rings. The predicted octanol–water partition coefficient (Wildman–Crippen LogP) is 4.41. The standard InChI is InChI=1S/C21H25NO3/c1-14(2)13-16-9-11-17(12-10-16)15(3)20(23)22-19-8-6-5-7-18(19)21(24)25-4/h5-12,14-15H,13H2,1-4H3,(H,22,23). The van der Waals surface area contributed by atoms with Gasteiger partial charge in [-0.25, -0.2) is 4.79 Å². The Kier molecular flexibility index (Phi) is 6.34. The SMILES string of the molecule is COC(=O)c1ccccc1NC(=O)C(C)c1ccc(CC(C)C)cc1. The van der Waals surface area contributed by atoms with E-state index in [4.69, 9.17) is 4.74 Å². The van der Waals surface area contributed by atoms with Crippen molar-refractivity contribution in [2.24, 2.45) is 5.92 Å². The molecule has 0 heterocycles. The summed E-state index contributed by atoms with van der Waals surface area (Å²) >= 11 is 0. The van der Waals surface area contributed by atoms with Gasteiger partial charge in [0.25, 0.3) is 0 Å². The lowest BCUT2D eigenvalue weighted by Gasteiger charge is -2.15. The second kappa shape index (κ2) is 8.47. The summed E-state index contributed by atoms with van der Waals surface area (Å²) < 4.78 is 4.76. The lowest BCUT2D eigenvalue weighted by Crippen LogP contribution is -2.20. The van der Waals surface area contributed by atoms with Crippen LogP contribution < -0.4 is 5.32 Å². The molecule has 0 aliphatic heterocycles. The predicted molar refractivity (Wildman–Crippen MR) is 99.8 cm³/mol. The summed E-state index contributed by atoms with van der Waals surface area (Å²) in [4.78, 5) is 24.4. The van der Waals surface area contributed by atoms with Crippen LogP contribution in [-0.4, -0.2) is 19.0 Å². The molecule has 1 unspecified atom stereocenters. The molecular weight excluding hydrogens is 314 g/mol. The van der Waals surface area contributed by atoms with Gasteiger partial charge >= 0.3 is 5.97 Å². The van der Waals surface area contributed by atoms with Crippen LogP contribution in [0.5, 0.6) is 0 Å². The molecule has 1 amide bonds. The molecule has 1 N–H and O–H groups in total. The Morgan fingerprint density at radius 3 is 2.24 bits per heavy atom. The summed E-state index contributed by atoms with van der Waals surface area (Å²) in [5.74, 6) is -0.352. The molecule has 2 aromatic rings. The molecule has 2 aromatic carbocycles. The van der Waals surface area contributed by atoms with Gasteiger partial charge in [0.2, 0.25) is 5.91 Å². The van der Waals surface area contributed by atoms with Crippen molar-refractivity contribution in [3.8, 4) is 0 Å². The second-order valence-corrected chi connectivity index (χ2v) is 6.59. The van der Waals surface area contributed by atoms with Gasteiger partial charge in [0.1, 0.15) is 0 Å². The van der Waals surface area contributed by atoms with Crippen molar-refractivity contribution in [3.05, 3.63) is 65.2 Å². The number of para-hydroxylation sites is 1. The van der Waals surface area contributed by atoms with Gasteiger partial charge in [0.05, 0.1) is 24.3 Å². The smallest absolute Gasteiger partial charge is 0.339 e. The Hall–Kier alpha value is -2.62. The molecule has 0 saturated heterocycles. The summed E-state index contributed by atoms with van der Waals surface area (Å²) in [6.45, 7) is 6.22. The molecule has 0 aliphatic rings. The monoisotopic (exact) mass is 339 g/mol. The highest BCUT2D eigenvalue weighted by Crippen LogP contribution is 2.22. The highest BCUT2D eigenvalue weighted by atomic mass is 16.5. The number of benzene rings is 2. The van der Waals surface area contributed by atoms with Gasteiger partial charge in [-0.15, -0.1) is 0 Å². The number of anilines is 1. The Balaban J connectivity index is 2.12.